The molecule has 0 aliphatic rings. The van der Waals surface area contributed by atoms with Gasteiger partial charge in [-0.1, -0.05) is 0 Å². The lowest BCUT2D eigenvalue weighted by Gasteiger charge is -2.03. The van der Waals surface area contributed by atoms with Gasteiger partial charge in [0.25, 0.3) is 0 Å². The first-order chi connectivity index (χ1) is 7.85. The quantitative estimate of drug-likeness (QED) is 0.804. The highest BCUT2D eigenvalue weighted by atomic mass is 16.5. The van der Waals surface area contributed by atoms with Crippen molar-refractivity contribution >= 4 is 0 Å². The lowest BCUT2D eigenvalue weighted by atomic mass is 10.2. The summed E-state index contributed by atoms with van der Waals surface area (Å²) in [7, 11) is 1.62. The van der Waals surface area contributed by atoms with Crippen LogP contribution < -0.4 is 4.74 Å². The fourth-order valence-electron chi connectivity index (χ4n) is 1.40. The van der Waals surface area contributed by atoms with Crippen LogP contribution in [0.1, 0.15) is 0 Å². The van der Waals surface area contributed by atoms with Crippen LogP contribution in [0.2, 0.25) is 0 Å². The van der Waals surface area contributed by atoms with Gasteiger partial charge in [-0.25, -0.2) is 4.68 Å². The van der Waals surface area contributed by atoms with Gasteiger partial charge in [0, 0.05) is 5.56 Å². The van der Waals surface area contributed by atoms with Crippen molar-refractivity contribution in [3.05, 3.63) is 24.3 Å². The molecule has 0 saturated carbocycles. The second-order valence-corrected chi connectivity index (χ2v) is 3.18. The van der Waals surface area contributed by atoms with E-state index in [-0.39, 0.29) is 6.61 Å². The number of aliphatic hydroxyl groups is 1. The van der Waals surface area contributed by atoms with Crippen LogP contribution in [-0.2, 0) is 6.54 Å². The van der Waals surface area contributed by atoms with Crippen molar-refractivity contribution in [2.75, 3.05) is 13.7 Å². The summed E-state index contributed by atoms with van der Waals surface area (Å²) in [6.07, 6.45) is 0. The standard InChI is InChI=1S/C10H12N4O2/c1-16-9-4-2-8(3-5-9)10-11-12-13-14(10)6-7-15/h2-5,15H,6-7H2,1H3. The number of nitrogens with zero attached hydrogens (tertiary/aromatic N) is 4. The molecule has 6 heteroatoms. The van der Waals surface area contributed by atoms with E-state index in [0.717, 1.165) is 11.3 Å². The van der Waals surface area contributed by atoms with Crippen molar-refractivity contribution in [1.29, 1.82) is 0 Å². The fourth-order valence-corrected chi connectivity index (χ4v) is 1.40. The van der Waals surface area contributed by atoms with Gasteiger partial charge in [-0.2, -0.15) is 0 Å². The van der Waals surface area contributed by atoms with Gasteiger partial charge in [0.2, 0.25) is 0 Å². The minimum atomic E-state index is 0.00813. The van der Waals surface area contributed by atoms with Crippen LogP contribution in [0.15, 0.2) is 24.3 Å². The first-order valence-electron chi connectivity index (χ1n) is 4.86. The maximum Gasteiger partial charge on any atom is 0.182 e. The minimum absolute atomic E-state index is 0.00813. The van der Waals surface area contributed by atoms with E-state index in [4.69, 9.17) is 9.84 Å². The molecule has 1 heterocycles. The fraction of sp³-hybridized carbons (Fsp3) is 0.300. The molecule has 6 nitrogen and oxygen atoms in total. The molecule has 16 heavy (non-hydrogen) atoms. The van der Waals surface area contributed by atoms with E-state index < -0.39 is 0 Å². The van der Waals surface area contributed by atoms with E-state index in [1.807, 2.05) is 24.3 Å². The smallest absolute Gasteiger partial charge is 0.182 e. The first-order valence-corrected chi connectivity index (χ1v) is 4.86. The van der Waals surface area contributed by atoms with Crippen molar-refractivity contribution in [2.45, 2.75) is 6.54 Å². The molecule has 0 bridgehead atoms. The highest BCUT2D eigenvalue weighted by Gasteiger charge is 2.07. The van der Waals surface area contributed by atoms with Crippen LogP contribution in [0.3, 0.4) is 0 Å². The molecular weight excluding hydrogens is 208 g/mol. The maximum atomic E-state index is 8.86. The van der Waals surface area contributed by atoms with Crippen LogP contribution in [0.25, 0.3) is 11.4 Å². The molecule has 0 saturated heterocycles. The van der Waals surface area contributed by atoms with Gasteiger partial charge in [0.1, 0.15) is 5.75 Å². The second kappa shape index (κ2) is 4.71. The summed E-state index contributed by atoms with van der Waals surface area (Å²) in [6, 6.07) is 7.43. The Morgan fingerprint density at radius 2 is 2.06 bits per heavy atom. The van der Waals surface area contributed by atoms with Crippen molar-refractivity contribution in [1.82, 2.24) is 20.2 Å². The number of tetrazole rings is 1. The zero-order valence-corrected chi connectivity index (χ0v) is 8.87. The zero-order chi connectivity index (χ0) is 11.4. The molecule has 0 fully saturated rings. The Morgan fingerprint density at radius 3 is 2.69 bits per heavy atom. The molecule has 1 N–H and O–H groups in total. The van der Waals surface area contributed by atoms with E-state index in [2.05, 4.69) is 15.5 Å². The average Bonchev–Trinajstić information content (AvgIpc) is 2.78. The lowest BCUT2D eigenvalue weighted by Crippen LogP contribution is -2.06. The van der Waals surface area contributed by atoms with Crippen molar-refractivity contribution in [3.8, 4) is 17.1 Å². The van der Waals surface area contributed by atoms with E-state index in [1.165, 1.54) is 0 Å². The normalized spacial score (nSPS) is 10.4. The highest BCUT2D eigenvalue weighted by molar-refractivity contribution is 5.55. The molecular formula is C10H12N4O2. The molecule has 2 rings (SSSR count). The first kappa shape index (κ1) is 10.6. The second-order valence-electron chi connectivity index (χ2n) is 3.18. The Hall–Kier alpha value is -1.95. The average molecular weight is 220 g/mol. The molecule has 0 radical (unpaired) electrons. The summed E-state index contributed by atoms with van der Waals surface area (Å²) >= 11 is 0. The monoisotopic (exact) mass is 220 g/mol. The van der Waals surface area contributed by atoms with E-state index in [1.54, 1.807) is 11.8 Å². The number of methoxy groups -OCH3 is 1. The van der Waals surface area contributed by atoms with Gasteiger partial charge in [-0.3, -0.25) is 0 Å². The van der Waals surface area contributed by atoms with Crippen LogP contribution in [0.5, 0.6) is 5.75 Å². The van der Waals surface area contributed by atoms with Gasteiger partial charge in [0.05, 0.1) is 20.3 Å². The topological polar surface area (TPSA) is 73.1 Å². The summed E-state index contributed by atoms with van der Waals surface area (Å²) in [4.78, 5) is 0. The van der Waals surface area contributed by atoms with E-state index >= 15 is 0 Å². The third-order valence-corrected chi connectivity index (χ3v) is 2.19. The molecule has 0 aliphatic carbocycles. The molecule has 0 atom stereocenters. The number of hydrogen-bond donors (Lipinski definition) is 1. The number of rotatable bonds is 4. The Bertz CT molecular complexity index is 452. The lowest BCUT2D eigenvalue weighted by molar-refractivity contribution is 0.269. The third-order valence-electron chi connectivity index (χ3n) is 2.19. The number of benzene rings is 1. The maximum absolute atomic E-state index is 8.86. The van der Waals surface area contributed by atoms with Crippen LogP contribution in [0, 0.1) is 0 Å². The van der Waals surface area contributed by atoms with E-state index in [9.17, 15) is 0 Å². The zero-order valence-electron chi connectivity index (χ0n) is 8.87. The number of aromatic nitrogens is 4. The highest BCUT2D eigenvalue weighted by Crippen LogP contribution is 2.19. The minimum Gasteiger partial charge on any atom is -0.497 e. The number of hydrogen-bond acceptors (Lipinski definition) is 5. The van der Waals surface area contributed by atoms with Crippen molar-refractivity contribution in [2.24, 2.45) is 0 Å². The Kier molecular flexibility index (Phi) is 3.11. The number of ether oxygens (including phenoxy) is 1. The van der Waals surface area contributed by atoms with Crippen LogP contribution >= 0.6 is 0 Å². The van der Waals surface area contributed by atoms with Crippen LogP contribution in [-0.4, -0.2) is 39.0 Å². The Morgan fingerprint density at radius 1 is 1.31 bits per heavy atom. The van der Waals surface area contributed by atoms with Crippen LogP contribution in [0.4, 0.5) is 0 Å². The van der Waals surface area contributed by atoms with Gasteiger partial charge in [-0.15, -0.1) is 5.10 Å². The van der Waals surface area contributed by atoms with Crippen molar-refractivity contribution < 1.29 is 9.84 Å². The molecule has 0 unspecified atom stereocenters. The predicted octanol–water partition coefficient (Wildman–Crippen LogP) is 0.341. The molecule has 0 spiro atoms. The third kappa shape index (κ3) is 2.01. The van der Waals surface area contributed by atoms with Gasteiger partial charge < -0.3 is 9.84 Å². The molecule has 1 aromatic carbocycles. The van der Waals surface area contributed by atoms with Gasteiger partial charge >= 0.3 is 0 Å². The molecule has 1 aromatic heterocycles. The molecule has 2 aromatic rings. The SMILES string of the molecule is COc1ccc(-c2nnnn2CCO)cc1. The largest absolute Gasteiger partial charge is 0.497 e. The molecule has 0 amide bonds. The molecule has 0 aliphatic heterocycles. The van der Waals surface area contributed by atoms with Gasteiger partial charge in [-0.05, 0) is 34.7 Å². The Labute approximate surface area is 92.5 Å². The Balaban J connectivity index is 2.31. The predicted molar refractivity (Wildman–Crippen MR) is 56.9 cm³/mol. The summed E-state index contributed by atoms with van der Waals surface area (Å²) in [5.74, 6) is 1.42. The van der Waals surface area contributed by atoms with Crippen molar-refractivity contribution in [3.63, 3.8) is 0 Å². The summed E-state index contributed by atoms with van der Waals surface area (Å²) in [5, 5.41) is 20.1. The number of aliphatic hydroxyl groups excluding tert-OH is 1. The molecule has 84 valence electrons. The summed E-state index contributed by atoms with van der Waals surface area (Å²) < 4.78 is 6.62. The summed E-state index contributed by atoms with van der Waals surface area (Å²) in [5.41, 5.74) is 0.888. The van der Waals surface area contributed by atoms with E-state index in [0.29, 0.717) is 12.4 Å². The summed E-state index contributed by atoms with van der Waals surface area (Å²) in [6.45, 7) is 0.391. The van der Waals surface area contributed by atoms with Gasteiger partial charge in [0.15, 0.2) is 5.82 Å².